The normalized spacial score (nSPS) is 12.3. The second kappa shape index (κ2) is 44.3. The Morgan fingerprint density at radius 3 is 1.15 bits per heavy atom. The molecule has 0 spiro atoms. The van der Waals surface area contributed by atoms with E-state index in [4.69, 9.17) is 14.2 Å². The smallest absolute Gasteiger partial charge is 0.306 e. The van der Waals surface area contributed by atoms with E-state index in [1.807, 2.05) is 0 Å². The lowest BCUT2D eigenvalue weighted by Crippen LogP contribution is -2.30. The zero-order valence-electron chi connectivity index (χ0n) is 36.4. The van der Waals surface area contributed by atoms with Gasteiger partial charge in [0.05, 0.1) is 0 Å². The van der Waals surface area contributed by atoms with Gasteiger partial charge in [0.1, 0.15) is 13.2 Å². The first kappa shape index (κ1) is 52.6. The van der Waals surface area contributed by atoms with Crippen molar-refractivity contribution in [2.75, 3.05) is 13.2 Å². The maximum absolute atomic E-state index is 12.7. The van der Waals surface area contributed by atoms with Gasteiger partial charge in [0.15, 0.2) is 6.10 Å². The highest BCUT2D eigenvalue weighted by molar-refractivity contribution is 5.71. The van der Waals surface area contributed by atoms with Crippen LogP contribution < -0.4 is 0 Å². The fourth-order valence-corrected chi connectivity index (χ4v) is 6.55. The van der Waals surface area contributed by atoms with Crippen molar-refractivity contribution in [2.45, 2.75) is 245 Å². The van der Waals surface area contributed by atoms with Crippen LogP contribution in [0.4, 0.5) is 0 Å². The number of carbonyl (C=O) groups excluding carboxylic acids is 3. The van der Waals surface area contributed by atoms with Crippen LogP contribution in [0, 0.1) is 0 Å². The summed E-state index contributed by atoms with van der Waals surface area (Å²) in [6.07, 6.45) is 49.9. The number of rotatable bonds is 42. The van der Waals surface area contributed by atoms with Crippen LogP contribution >= 0.6 is 0 Å². The Labute approximate surface area is 340 Å². The Morgan fingerprint density at radius 1 is 0.364 bits per heavy atom. The van der Waals surface area contributed by atoms with Gasteiger partial charge in [-0.1, -0.05) is 192 Å². The molecule has 55 heavy (non-hydrogen) atoms. The van der Waals surface area contributed by atoms with Gasteiger partial charge in [-0.3, -0.25) is 14.4 Å². The van der Waals surface area contributed by atoms with Gasteiger partial charge >= 0.3 is 17.9 Å². The molecule has 0 saturated heterocycles. The van der Waals surface area contributed by atoms with E-state index in [1.54, 1.807) is 0 Å². The SMILES string of the molecule is CCCCC/C=C\C=C/CCCCCCCCC(=O)OCC(COC(=O)CCC/C=C\CCCCCC)OC(=O)CCCCCCCCCCCCCCC. The number of carbonyl (C=O) groups is 3. The molecule has 0 saturated carbocycles. The molecular formula is C49H88O6. The fourth-order valence-electron chi connectivity index (χ4n) is 6.55. The van der Waals surface area contributed by atoms with Crippen molar-refractivity contribution in [3.63, 3.8) is 0 Å². The van der Waals surface area contributed by atoms with Crippen LogP contribution in [0.5, 0.6) is 0 Å². The Hall–Kier alpha value is -2.37. The largest absolute Gasteiger partial charge is 0.462 e. The topological polar surface area (TPSA) is 78.9 Å². The summed E-state index contributed by atoms with van der Waals surface area (Å²) in [6.45, 7) is 6.54. The second-order valence-corrected chi connectivity index (χ2v) is 15.7. The number of esters is 3. The van der Waals surface area contributed by atoms with E-state index >= 15 is 0 Å². The van der Waals surface area contributed by atoms with Crippen LogP contribution in [0.1, 0.15) is 239 Å². The summed E-state index contributed by atoms with van der Waals surface area (Å²) in [4.78, 5) is 37.7. The molecule has 6 nitrogen and oxygen atoms in total. The van der Waals surface area contributed by atoms with E-state index in [-0.39, 0.29) is 31.1 Å². The molecule has 0 aliphatic heterocycles. The Bertz CT molecular complexity index is 938. The first-order valence-corrected chi connectivity index (χ1v) is 23.5. The summed E-state index contributed by atoms with van der Waals surface area (Å²) in [5, 5.41) is 0. The molecule has 1 atom stereocenters. The first-order valence-electron chi connectivity index (χ1n) is 23.5. The van der Waals surface area contributed by atoms with Gasteiger partial charge in [-0.25, -0.2) is 0 Å². The molecule has 0 bridgehead atoms. The molecule has 0 aromatic heterocycles. The van der Waals surface area contributed by atoms with Crippen LogP contribution in [0.2, 0.25) is 0 Å². The number of hydrogen-bond donors (Lipinski definition) is 0. The van der Waals surface area contributed by atoms with E-state index in [1.165, 1.54) is 135 Å². The zero-order valence-corrected chi connectivity index (χ0v) is 36.4. The molecule has 0 aromatic rings. The van der Waals surface area contributed by atoms with Crippen molar-refractivity contribution in [2.24, 2.45) is 0 Å². The summed E-state index contributed by atoms with van der Waals surface area (Å²) < 4.78 is 16.7. The summed E-state index contributed by atoms with van der Waals surface area (Å²) in [6, 6.07) is 0. The quantitative estimate of drug-likeness (QED) is 0.0202. The maximum Gasteiger partial charge on any atom is 0.306 e. The average molecular weight is 773 g/mol. The van der Waals surface area contributed by atoms with Crippen LogP contribution in [0.3, 0.4) is 0 Å². The van der Waals surface area contributed by atoms with Crippen molar-refractivity contribution in [3.8, 4) is 0 Å². The summed E-state index contributed by atoms with van der Waals surface area (Å²) in [5.74, 6) is -0.928. The summed E-state index contributed by atoms with van der Waals surface area (Å²) in [5.41, 5.74) is 0. The van der Waals surface area contributed by atoms with Gasteiger partial charge < -0.3 is 14.2 Å². The molecular weight excluding hydrogens is 685 g/mol. The summed E-state index contributed by atoms with van der Waals surface area (Å²) in [7, 11) is 0. The molecule has 0 amide bonds. The fraction of sp³-hybridized carbons (Fsp3) is 0.816. The number of unbranched alkanes of at least 4 members (excludes halogenated alkanes) is 26. The van der Waals surface area contributed by atoms with Gasteiger partial charge in [0.25, 0.3) is 0 Å². The van der Waals surface area contributed by atoms with Gasteiger partial charge in [-0.05, 0) is 64.2 Å². The molecule has 0 rings (SSSR count). The molecule has 320 valence electrons. The van der Waals surface area contributed by atoms with Crippen LogP contribution in [0.15, 0.2) is 36.5 Å². The predicted molar refractivity (Wildman–Crippen MR) is 233 cm³/mol. The molecule has 0 N–H and O–H groups in total. The third-order valence-electron chi connectivity index (χ3n) is 10.1. The average Bonchev–Trinajstić information content (AvgIpc) is 3.18. The Balaban J connectivity index is 4.37. The lowest BCUT2D eigenvalue weighted by atomic mass is 10.0. The minimum absolute atomic E-state index is 0.0847. The molecule has 0 aliphatic carbocycles. The number of ether oxygens (including phenoxy) is 3. The molecule has 0 heterocycles. The highest BCUT2D eigenvalue weighted by atomic mass is 16.6. The van der Waals surface area contributed by atoms with E-state index in [2.05, 4.69) is 57.2 Å². The number of hydrogen-bond acceptors (Lipinski definition) is 6. The maximum atomic E-state index is 12.7. The van der Waals surface area contributed by atoms with Crippen LogP contribution in [-0.4, -0.2) is 37.2 Å². The third kappa shape index (κ3) is 42.6. The first-order chi connectivity index (χ1) is 27.0. The van der Waals surface area contributed by atoms with E-state index in [9.17, 15) is 14.4 Å². The van der Waals surface area contributed by atoms with Crippen molar-refractivity contribution < 1.29 is 28.6 Å². The molecule has 6 heteroatoms. The van der Waals surface area contributed by atoms with Gasteiger partial charge in [0.2, 0.25) is 0 Å². The molecule has 0 fully saturated rings. The van der Waals surface area contributed by atoms with Gasteiger partial charge in [0, 0.05) is 19.3 Å². The molecule has 0 radical (unpaired) electrons. The van der Waals surface area contributed by atoms with E-state index in [0.717, 1.165) is 64.2 Å². The Kier molecular flexibility index (Phi) is 42.4. The predicted octanol–water partition coefficient (Wildman–Crippen LogP) is 15.0. The Morgan fingerprint density at radius 2 is 0.673 bits per heavy atom. The van der Waals surface area contributed by atoms with Crippen molar-refractivity contribution >= 4 is 17.9 Å². The lowest BCUT2D eigenvalue weighted by Gasteiger charge is -2.18. The standard InChI is InChI=1S/C49H88O6/c1-4-7-10-13-16-19-21-23-24-26-27-30-33-36-39-42-48(51)54-45-46(44-53-47(50)41-38-35-32-29-18-15-12-9-6-3)55-49(52)43-40-37-34-31-28-25-22-20-17-14-11-8-5-2/h16,19,21,23,29,32,46H,4-15,17-18,20,22,24-28,30-31,33-45H2,1-3H3/b19-16-,23-21-,32-29-. The van der Waals surface area contributed by atoms with Crippen molar-refractivity contribution in [1.29, 1.82) is 0 Å². The molecule has 1 unspecified atom stereocenters. The van der Waals surface area contributed by atoms with E-state index < -0.39 is 6.10 Å². The third-order valence-corrected chi connectivity index (χ3v) is 10.1. The highest BCUT2D eigenvalue weighted by Gasteiger charge is 2.19. The lowest BCUT2D eigenvalue weighted by molar-refractivity contribution is -0.167. The number of allylic oxidation sites excluding steroid dienone is 6. The van der Waals surface area contributed by atoms with Crippen LogP contribution in [-0.2, 0) is 28.6 Å². The summed E-state index contributed by atoms with van der Waals surface area (Å²) >= 11 is 0. The zero-order chi connectivity index (χ0) is 40.1. The van der Waals surface area contributed by atoms with Gasteiger partial charge in [-0.2, -0.15) is 0 Å². The second-order valence-electron chi connectivity index (χ2n) is 15.7. The minimum atomic E-state index is -0.781. The van der Waals surface area contributed by atoms with Gasteiger partial charge in [-0.15, -0.1) is 0 Å². The molecule has 0 aromatic carbocycles. The highest BCUT2D eigenvalue weighted by Crippen LogP contribution is 2.15. The molecule has 0 aliphatic rings. The monoisotopic (exact) mass is 773 g/mol. The van der Waals surface area contributed by atoms with Crippen LogP contribution in [0.25, 0.3) is 0 Å². The van der Waals surface area contributed by atoms with Crippen molar-refractivity contribution in [3.05, 3.63) is 36.5 Å². The van der Waals surface area contributed by atoms with E-state index in [0.29, 0.717) is 19.3 Å². The van der Waals surface area contributed by atoms with Crippen molar-refractivity contribution in [1.82, 2.24) is 0 Å². The minimum Gasteiger partial charge on any atom is -0.462 e.